The Labute approximate surface area is 112 Å². The van der Waals surface area contributed by atoms with Gasteiger partial charge in [0.15, 0.2) is 0 Å². The minimum Gasteiger partial charge on any atom is -0.384 e. The second-order valence-electron chi connectivity index (χ2n) is 4.72. The van der Waals surface area contributed by atoms with Crippen molar-refractivity contribution >= 4 is 23.2 Å². The van der Waals surface area contributed by atoms with Crippen molar-refractivity contribution in [2.24, 2.45) is 0 Å². The lowest BCUT2D eigenvalue weighted by Crippen LogP contribution is -2.31. The van der Waals surface area contributed by atoms with E-state index >= 15 is 0 Å². The van der Waals surface area contributed by atoms with Gasteiger partial charge in [0.25, 0.3) is 0 Å². The summed E-state index contributed by atoms with van der Waals surface area (Å²) in [6, 6.07) is 5.31. The molecule has 1 N–H and O–H groups in total. The highest BCUT2D eigenvalue weighted by Gasteiger charge is 2.37. The van der Waals surface area contributed by atoms with Gasteiger partial charge in [0.1, 0.15) is 5.60 Å². The average molecular weight is 274 g/mol. The van der Waals surface area contributed by atoms with Crippen LogP contribution in [0, 0.1) is 0 Å². The second kappa shape index (κ2) is 5.15. The van der Waals surface area contributed by atoms with Gasteiger partial charge in [-0.1, -0.05) is 30.1 Å². The van der Waals surface area contributed by atoms with Gasteiger partial charge in [0.2, 0.25) is 0 Å². The van der Waals surface area contributed by atoms with Crippen molar-refractivity contribution < 1.29 is 5.11 Å². The van der Waals surface area contributed by atoms with Crippen LogP contribution < -0.4 is 0 Å². The molecule has 1 aromatic carbocycles. The molecule has 0 bridgehead atoms. The normalized spacial score (nSPS) is 25.4. The quantitative estimate of drug-likeness (QED) is 0.914. The Morgan fingerprint density at radius 3 is 2.53 bits per heavy atom. The molecule has 1 aliphatic heterocycles. The lowest BCUT2D eigenvalue weighted by atomic mass is 9.93. The molecule has 0 radical (unpaired) electrons. The molecule has 2 rings (SSSR count). The van der Waals surface area contributed by atoms with Crippen LogP contribution in [0.15, 0.2) is 18.2 Å². The summed E-state index contributed by atoms with van der Waals surface area (Å²) in [5, 5.41) is 11.8. The number of hydrogen-bond donors (Lipinski definition) is 1. The molecule has 17 heavy (non-hydrogen) atoms. The molecule has 0 saturated carbocycles. The van der Waals surface area contributed by atoms with Crippen molar-refractivity contribution in [3.8, 4) is 0 Å². The molecule has 1 saturated heterocycles. The Morgan fingerprint density at radius 1 is 1.29 bits per heavy atom. The predicted molar refractivity (Wildman–Crippen MR) is 71.7 cm³/mol. The first kappa shape index (κ1) is 13.2. The van der Waals surface area contributed by atoms with Crippen LogP contribution in [-0.2, 0) is 5.60 Å². The molecule has 2 nitrogen and oxygen atoms in total. The molecule has 1 fully saturated rings. The van der Waals surface area contributed by atoms with Crippen LogP contribution >= 0.6 is 23.2 Å². The fourth-order valence-corrected chi connectivity index (χ4v) is 2.96. The van der Waals surface area contributed by atoms with Crippen LogP contribution in [0.25, 0.3) is 0 Å². The Bertz CT molecular complexity index is 390. The highest BCUT2D eigenvalue weighted by atomic mass is 35.5. The molecule has 1 aromatic rings. The highest BCUT2D eigenvalue weighted by Crippen LogP contribution is 2.34. The van der Waals surface area contributed by atoms with Gasteiger partial charge in [0, 0.05) is 23.1 Å². The molecular formula is C13H17Cl2NO. The van der Waals surface area contributed by atoms with E-state index in [2.05, 4.69) is 11.8 Å². The van der Waals surface area contributed by atoms with Crippen LogP contribution in [0.3, 0.4) is 0 Å². The Balaban J connectivity index is 2.21. The first-order valence-corrected chi connectivity index (χ1v) is 6.70. The van der Waals surface area contributed by atoms with Crippen molar-refractivity contribution in [3.05, 3.63) is 33.8 Å². The Hall–Kier alpha value is -0.280. The molecule has 0 amide bonds. The standard InChI is InChI=1S/C13H17Cl2NO/c1-2-4-16-5-3-13(17,9-16)10-6-11(14)8-12(15)7-10/h6-8,17H,2-5,9H2,1H3. The van der Waals surface area contributed by atoms with Gasteiger partial charge in [-0.15, -0.1) is 0 Å². The van der Waals surface area contributed by atoms with E-state index in [0.717, 1.165) is 31.5 Å². The Kier molecular flexibility index (Phi) is 3.99. The van der Waals surface area contributed by atoms with Crippen molar-refractivity contribution in [1.82, 2.24) is 4.90 Å². The van der Waals surface area contributed by atoms with E-state index in [-0.39, 0.29) is 0 Å². The molecule has 94 valence electrons. The molecule has 0 aliphatic carbocycles. The lowest BCUT2D eigenvalue weighted by Gasteiger charge is -2.24. The van der Waals surface area contributed by atoms with Gasteiger partial charge in [-0.2, -0.15) is 0 Å². The molecule has 1 atom stereocenters. The maximum absolute atomic E-state index is 10.6. The summed E-state index contributed by atoms with van der Waals surface area (Å²) in [6.07, 6.45) is 1.84. The van der Waals surface area contributed by atoms with Crippen molar-refractivity contribution in [1.29, 1.82) is 0 Å². The van der Waals surface area contributed by atoms with E-state index in [0.29, 0.717) is 16.6 Å². The fraction of sp³-hybridized carbons (Fsp3) is 0.538. The van der Waals surface area contributed by atoms with Crippen molar-refractivity contribution in [2.75, 3.05) is 19.6 Å². The number of halogens is 2. The first-order chi connectivity index (χ1) is 8.03. The molecule has 1 unspecified atom stereocenters. The smallest absolute Gasteiger partial charge is 0.104 e. The number of nitrogens with zero attached hydrogens (tertiary/aromatic N) is 1. The van der Waals surface area contributed by atoms with Gasteiger partial charge in [0.05, 0.1) is 0 Å². The zero-order chi connectivity index (χ0) is 12.5. The topological polar surface area (TPSA) is 23.5 Å². The zero-order valence-corrected chi connectivity index (χ0v) is 11.4. The third-order valence-electron chi connectivity index (χ3n) is 3.27. The number of aliphatic hydroxyl groups is 1. The lowest BCUT2D eigenvalue weighted by molar-refractivity contribution is 0.0462. The Morgan fingerprint density at radius 2 is 1.94 bits per heavy atom. The SMILES string of the molecule is CCCN1CCC(O)(c2cc(Cl)cc(Cl)c2)C1. The zero-order valence-electron chi connectivity index (χ0n) is 9.92. The third-order valence-corrected chi connectivity index (χ3v) is 3.70. The number of likely N-dealkylation sites (tertiary alicyclic amines) is 1. The van der Waals surface area contributed by atoms with Gasteiger partial charge >= 0.3 is 0 Å². The average Bonchev–Trinajstić information content (AvgIpc) is 2.61. The summed E-state index contributed by atoms with van der Waals surface area (Å²) in [6.45, 7) is 4.76. The molecule has 1 aliphatic rings. The number of rotatable bonds is 3. The van der Waals surface area contributed by atoms with Crippen LogP contribution in [0.2, 0.25) is 10.0 Å². The van der Waals surface area contributed by atoms with E-state index < -0.39 is 5.60 Å². The fourth-order valence-electron chi connectivity index (χ4n) is 2.44. The van der Waals surface area contributed by atoms with Gasteiger partial charge < -0.3 is 10.0 Å². The number of benzene rings is 1. The summed E-state index contributed by atoms with van der Waals surface area (Å²) in [5.41, 5.74) is 0.0255. The van der Waals surface area contributed by atoms with E-state index in [4.69, 9.17) is 23.2 Å². The maximum atomic E-state index is 10.6. The molecule has 0 spiro atoms. The van der Waals surface area contributed by atoms with Gasteiger partial charge in [-0.25, -0.2) is 0 Å². The van der Waals surface area contributed by atoms with Crippen LogP contribution in [0.4, 0.5) is 0 Å². The monoisotopic (exact) mass is 273 g/mol. The van der Waals surface area contributed by atoms with Crippen LogP contribution in [-0.4, -0.2) is 29.6 Å². The second-order valence-corrected chi connectivity index (χ2v) is 5.59. The molecule has 0 aromatic heterocycles. The van der Waals surface area contributed by atoms with E-state index in [9.17, 15) is 5.11 Å². The number of hydrogen-bond acceptors (Lipinski definition) is 2. The van der Waals surface area contributed by atoms with E-state index in [1.165, 1.54) is 0 Å². The van der Waals surface area contributed by atoms with Crippen molar-refractivity contribution in [2.45, 2.75) is 25.4 Å². The summed E-state index contributed by atoms with van der Waals surface area (Å²) < 4.78 is 0. The van der Waals surface area contributed by atoms with Crippen LogP contribution in [0.1, 0.15) is 25.3 Å². The highest BCUT2D eigenvalue weighted by molar-refractivity contribution is 6.34. The summed E-state index contributed by atoms with van der Waals surface area (Å²) >= 11 is 12.0. The third kappa shape index (κ3) is 2.94. The van der Waals surface area contributed by atoms with Gasteiger partial charge in [-0.05, 0) is 43.1 Å². The molecular weight excluding hydrogens is 257 g/mol. The van der Waals surface area contributed by atoms with Crippen molar-refractivity contribution in [3.63, 3.8) is 0 Å². The van der Waals surface area contributed by atoms with E-state index in [1.54, 1.807) is 6.07 Å². The summed E-state index contributed by atoms with van der Waals surface area (Å²) in [5.74, 6) is 0. The maximum Gasteiger partial charge on any atom is 0.104 e. The van der Waals surface area contributed by atoms with Gasteiger partial charge in [-0.3, -0.25) is 0 Å². The first-order valence-electron chi connectivity index (χ1n) is 5.95. The predicted octanol–water partition coefficient (Wildman–Crippen LogP) is 3.30. The minimum absolute atomic E-state index is 0.579. The molecule has 4 heteroatoms. The minimum atomic E-state index is -0.802. The number of β-amino-alcohol motifs (C(OH)–C–C–N with tert-alkyl or cyclic N) is 1. The molecule has 1 heterocycles. The van der Waals surface area contributed by atoms with Crippen LogP contribution in [0.5, 0.6) is 0 Å². The largest absolute Gasteiger partial charge is 0.384 e. The summed E-state index contributed by atoms with van der Waals surface area (Å²) in [7, 11) is 0. The van der Waals surface area contributed by atoms with E-state index in [1.807, 2.05) is 12.1 Å². The summed E-state index contributed by atoms with van der Waals surface area (Å²) in [4.78, 5) is 2.27.